The summed E-state index contributed by atoms with van der Waals surface area (Å²) in [4.78, 5) is 55.8. The molecule has 19 heteroatoms. The van der Waals surface area contributed by atoms with Gasteiger partial charge in [0.05, 0.1) is 19.0 Å². The highest BCUT2D eigenvalue weighted by Crippen LogP contribution is 2.49. The van der Waals surface area contributed by atoms with Gasteiger partial charge in [-0.05, 0) is 74.3 Å². The lowest BCUT2D eigenvalue weighted by atomic mass is 9.98. The van der Waals surface area contributed by atoms with Crippen molar-refractivity contribution in [1.82, 2.24) is 24.1 Å². The number of rotatable bonds is 13. The largest absolute Gasteiger partial charge is 0.448 e. The lowest BCUT2D eigenvalue weighted by molar-refractivity contribution is -0.0544. The van der Waals surface area contributed by atoms with Gasteiger partial charge >= 0.3 is 29.3 Å². The van der Waals surface area contributed by atoms with Gasteiger partial charge < -0.3 is 27.2 Å². The number of nitrogens with one attached hydrogen (secondary N) is 1. The SMILES string of the molecule is CC(CSSc1ccccn1)OC(=O)n1c(NC(=O)OCC2c3ccccc3-c3ccccc32)nc2c(ncn2C2CC3O[Si](C(C)C)(C(C)C)O[Si](C(C)C)(C(C)C)OCC3O2)c1=O. The highest BCUT2D eigenvalue weighted by Gasteiger charge is 2.60. The van der Waals surface area contributed by atoms with Crippen molar-refractivity contribution in [2.24, 2.45) is 0 Å². The summed E-state index contributed by atoms with van der Waals surface area (Å²) in [6.07, 6.45) is -0.519. The standard InChI is InChI=1S/C46H58N6O9S2Si2/c1-27(2)64(28(3)4)57-24-38-37(60-65(61-64,29(5)6)30(7)8)22-40(59-38)51-26-48-41-42(51)49-44(52(43(41)53)46(55)58-31(9)25-62-63-39-20-14-15-21-47-39)50-45(54)56-23-36-34-18-12-10-16-32(34)33-17-11-13-19-35(33)36/h10-21,26-31,36-38,40H,22-25H2,1-9H3,(H,49,50,54). The molecule has 0 bridgehead atoms. The molecule has 15 nitrogen and oxygen atoms in total. The van der Waals surface area contributed by atoms with Crippen LogP contribution in [0.15, 0.2) is 89.1 Å². The molecule has 2 fully saturated rings. The van der Waals surface area contributed by atoms with Crippen LogP contribution in [0.4, 0.5) is 15.5 Å². The topological polar surface area (TPSA) is 167 Å². The highest BCUT2D eigenvalue weighted by molar-refractivity contribution is 8.76. The van der Waals surface area contributed by atoms with Crippen molar-refractivity contribution in [2.45, 2.75) is 126 Å². The van der Waals surface area contributed by atoms with Gasteiger partial charge in [-0.15, -0.1) is 0 Å². The fraction of sp³-hybridized carbons (Fsp3) is 0.478. The van der Waals surface area contributed by atoms with E-state index in [0.717, 1.165) is 27.3 Å². The van der Waals surface area contributed by atoms with Crippen LogP contribution >= 0.6 is 21.6 Å². The van der Waals surface area contributed by atoms with Crippen LogP contribution in [0.3, 0.4) is 0 Å². The van der Waals surface area contributed by atoms with E-state index in [2.05, 4.69) is 82.8 Å². The van der Waals surface area contributed by atoms with Crippen LogP contribution in [0.1, 0.15) is 92.0 Å². The van der Waals surface area contributed by atoms with Gasteiger partial charge in [0.2, 0.25) is 5.95 Å². The van der Waals surface area contributed by atoms with E-state index in [-0.39, 0.29) is 64.5 Å². The first kappa shape index (κ1) is 47.2. The molecule has 0 saturated carbocycles. The van der Waals surface area contributed by atoms with Crippen LogP contribution in [0, 0.1) is 0 Å². The Balaban J connectivity index is 1.09. The first-order valence-corrected chi connectivity index (χ1v) is 28.6. The Hall–Kier alpha value is -4.35. The molecule has 5 aromatic rings. The molecule has 4 atom stereocenters. The van der Waals surface area contributed by atoms with Crippen LogP contribution in [-0.4, -0.2) is 90.7 Å². The van der Waals surface area contributed by atoms with E-state index in [0.29, 0.717) is 16.7 Å². The molecule has 1 N–H and O–H groups in total. The molecule has 1 amide bonds. The summed E-state index contributed by atoms with van der Waals surface area (Å²) in [5.41, 5.74) is 3.94. The van der Waals surface area contributed by atoms with E-state index in [1.807, 2.05) is 54.6 Å². The van der Waals surface area contributed by atoms with E-state index < -0.39 is 53.3 Å². The first-order valence-electron chi connectivity index (χ1n) is 22.3. The minimum Gasteiger partial charge on any atom is -0.448 e. The summed E-state index contributed by atoms with van der Waals surface area (Å²) in [6.45, 7) is 19.4. The Bertz CT molecular complexity index is 2520. The number of anilines is 1. The number of hydrogen-bond acceptors (Lipinski definition) is 14. The zero-order chi connectivity index (χ0) is 46.2. The summed E-state index contributed by atoms with van der Waals surface area (Å²) in [5.74, 6) is -0.230. The van der Waals surface area contributed by atoms with Crippen LogP contribution < -0.4 is 10.9 Å². The third-order valence-corrected chi connectivity index (χ3v) is 25.3. The quantitative estimate of drug-likeness (QED) is 0.0874. The van der Waals surface area contributed by atoms with Gasteiger partial charge in [-0.2, -0.15) is 9.55 Å². The van der Waals surface area contributed by atoms with Crippen molar-refractivity contribution >= 4 is 68.0 Å². The molecule has 65 heavy (non-hydrogen) atoms. The minimum atomic E-state index is -2.94. The second-order valence-corrected chi connectivity index (χ2v) is 29.3. The van der Waals surface area contributed by atoms with Crippen LogP contribution in [0.2, 0.25) is 22.2 Å². The van der Waals surface area contributed by atoms with Crippen LogP contribution in [-0.2, 0) is 27.2 Å². The second kappa shape index (κ2) is 19.5. The smallest absolute Gasteiger partial charge is 0.424 e. The van der Waals surface area contributed by atoms with Gasteiger partial charge in [0, 0.05) is 24.3 Å². The van der Waals surface area contributed by atoms with Crippen LogP contribution in [0.5, 0.6) is 0 Å². The normalized spacial score (nSPS) is 20.7. The van der Waals surface area contributed by atoms with Crippen molar-refractivity contribution in [3.05, 3.63) is 101 Å². The van der Waals surface area contributed by atoms with Crippen molar-refractivity contribution in [2.75, 3.05) is 24.3 Å². The minimum absolute atomic E-state index is 0.00327. The summed E-state index contributed by atoms with van der Waals surface area (Å²) >= 11 is 0. The number of pyridine rings is 1. The number of amides is 1. The molecule has 3 aromatic heterocycles. The zero-order valence-corrected chi connectivity index (χ0v) is 41.9. The Morgan fingerprint density at radius 1 is 0.846 bits per heavy atom. The molecule has 2 aromatic carbocycles. The fourth-order valence-corrected chi connectivity index (χ4v) is 22.7. The summed E-state index contributed by atoms with van der Waals surface area (Å²) < 4.78 is 42.4. The molecular weight excluding hydrogens is 901 g/mol. The summed E-state index contributed by atoms with van der Waals surface area (Å²) in [7, 11) is -2.88. The fourth-order valence-electron chi connectivity index (χ4n) is 9.31. The number of imidazole rings is 1. The Morgan fingerprint density at radius 2 is 1.49 bits per heavy atom. The number of carbonyl (C=O) groups is 2. The molecule has 2 aliphatic heterocycles. The molecule has 0 radical (unpaired) electrons. The van der Waals surface area contributed by atoms with Gasteiger partial charge in [-0.1, -0.05) is 121 Å². The predicted octanol–water partition coefficient (Wildman–Crippen LogP) is 10.4. The third kappa shape index (κ3) is 9.22. The maximum absolute atomic E-state index is 14.4. The Labute approximate surface area is 389 Å². The van der Waals surface area contributed by atoms with Crippen molar-refractivity contribution < 1.29 is 36.8 Å². The van der Waals surface area contributed by atoms with Gasteiger partial charge in [-0.25, -0.2) is 19.6 Å². The Morgan fingerprint density at radius 3 is 2.12 bits per heavy atom. The lowest BCUT2D eigenvalue weighted by Crippen LogP contribution is -2.65. The molecular formula is C46H58N6O9S2Si2. The monoisotopic (exact) mass is 958 g/mol. The van der Waals surface area contributed by atoms with E-state index in [4.69, 9.17) is 32.2 Å². The highest BCUT2D eigenvalue weighted by atomic mass is 33.1. The van der Waals surface area contributed by atoms with E-state index in [1.165, 1.54) is 27.9 Å². The number of aromatic nitrogens is 5. The summed E-state index contributed by atoms with van der Waals surface area (Å²) in [6, 6.07) is 21.6. The average molecular weight is 959 g/mol. The third-order valence-electron chi connectivity index (χ3n) is 12.6. The number of nitrogens with zero attached hydrogens (tertiary/aromatic N) is 5. The number of carbonyl (C=O) groups excluding carboxylic acids is 2. The molecule has 8 rings (SSSR count). The number of hydrogen-bond donors (Lipinski definition) is 1. The number of benzene rings is 2. The van der Waals surface area contributed by atoms with Gasteiger partial charge in [-0.3, -0.25) is 14.7 Å². The molecule has 5 heterocycles. The van der Waals surface area contributed by atoms with Gasteiger partial charge in [0.1, 0.15) is 30.1 Å². The zero-order valence-electron chi connectivity index (χ0n) is 38.3. The van der Waals surface area contributed by atoms with Gasteiger partial charge in [0.15, 0.2) is 11.2 Å². The first-order chi connectivity index (χ1) is 31.1. The lowest BCUT2D eigenvalue weighted by Gasteiger charge is -2.51. The maximum atomic E-state index is 14.4. The van der Waals surface area contributed by atoms with Crippen molar-refractivity contribution in [3.8, 4) is 11.1 Å². The molecule has 4 unspecified atom stereocenters. The molecule has 346 valence electrons. The van der Waals surface area contributed by atoms with Crippen molar-refractivity contribution in [1.29, 1.82) is 0 Å². The van der Waals surface area contributed by atoms with Gasteiger partial charge in [0.25, 0.3) is 5.56 Å². The predicted molar refractivity (Wildman–Crippen MR) is 257 cm³/mol. The van der Waals surface area contributed by atoms with Crippen LogP contribution in [0.25, 0.3) is 22.3 Å². The second-order valence-electron chi connectivity index (χ2n) is 18.1. The molecule has 2 saturated heterocycles. The maximum Gasteiger partial charge on any atom is 0.424 e. The van der Waals surface area contributed by atoms with E-state index in [9.17, 15) is 14.4 Å². The van der Waals surface area contributed by atoms with Crippen molar-refractivity contribution in [3.63, 3.8) is 0 Å². The molecule has 0 spiro atoms. The van der Waals surface area contributed by atoms with E-state index in [1.54, 1.807) is 17.7 Å². The summed E-state index contributed by atoms with van der Waals surface area (Å²) in [5, 5.41) is 3.42. The number of ether oxygens (including phenoxy) is 3. The Kier molecular flexibility index (Phi) is 14.1. The van der Waals surface area contributed by atoms with E-state index >= 15 is 0 Å². The number of fused-ring (bicyclic) bond motifs is 5. The molecule has 3 aliphatic rings. The average Bonchev–Trinajstić information content (AvgIpc) is 3.96. The molecule has 1 aliphatic carbocycles.